The average Bonchev–Trinajstić information content (AvgIpc) is 3.02. The minimum Gasteiger partial charge on any atom is -0.447 e. The van der Waals surface area contributed by atoms with E-state index in [0.717, 1.165) is 18.9 Å². The second kappa shape index (κ2) is 7.66. The van der Waals surface area contributed by atoms with E-state index in [2.05, 4.69) is 4.98 Å². The zero-order valence-corrected chi connectivity index (χ0v) is 15.2. The number of ether oxygens (including phenoxy) is 1. The summed E-state index contributed by atoms with van der Waals surface area (Å²) in [5.74, 6) is -0.942. The molecule has 1 amide bonds. The number of cyclic esters (lactones) is 1. The third-order valence-electron chi connectivity index (χ3n) is 5.37. The van der Waals surface area contributed by atoms with Crippen molar-refractivity contribution in [3.8, 4) is 11.1 Å². The van der Waals surface area contributed by atoms with E-state index in [1.807, 2.05) is 0 Å². The lowest BCUT2D eigenvalue weighted by Gasteiger charge is -2.32. The normalized spacial score (nSPS) is 21.4. The summed E-state index contributed by atoms with van der Waals surface area (Å²) in [4.78, 5) is 30.0. The Bertz CT molecular complexity index is 881. The number of pyridine rings is 1. The van der Waals surface area contributed by atoms with Crippen LogP contribution in [0.4, 0.5) is 13.6 Å². The molecule has 28 heavy (non-hydrogen) atoms. The number of benzene rings is 1. The third-order valence-corrected chi connectivity index (χ3v) is 5.37. The molecule has 4 rings (SSSR count). The van der Waals surface area contributed by atoms with E-state index in [4.69, 9.17) is 4.74 Å². The Morgan fingerprint density at radius 1 is 1.18 bits per heavy atom. The summed E-state index contributed by atoms with van der Waals surface area (Å²) in [6.45, 7) is 1.05. The highest BCUT2D eigenvalue weighted by Gasteiger charge is 2.38. The SMILES string of the molecule is O=C(Cc1ccc(-c2cc(F)cc(F)c2)cn1)CC1CCN2C(=O)OCC2C1. The first-order valence-electron chi connectivity index (χ1n) is 9.34. The number of aromatic nitrogens is 1. The van der Waals surface area contributed by atoms with Crippen molar-refractivity contribution < 1.29 is 23.1 Å². The number of carbonyl (C=O) groups is 2. The van der Waals surface area contributed by atoms with Gasteiger partial charge in [-0.05, 0) is 42.5 Å². The Hall–Kier alpha value is -2.83. The molecule has 2 saturated heterocycles. The fourth-order valence-corrected chi connectivity index (χ4v) is 3.98. The summed E-state index contributed by atoms with van der Waals surface area (Å²) in [6, 6.07) is 6.82. The van der Waals surface area contributed by atoms with Crippen LogP contribution in [0.15, 0.2) is 36.5 Å². The van der Waals surface area contributed by atoms with Crippen LogP contribution in [0.1, 0.15) is 25.0 Å². The van der Waals surface area contributed by atoms with Gasteiger partial charge in [0.05, 0.1) is 6.04 Å². The van der Waals surface area contributed by atoms with E-state index < -0.39 is 11.6 Å². The number of hydrogen-bond donors (Lipinski definition) is 0. The minimum absolute atomic E-state index is 0.0862. The van der Waals surface area contributed by atoms with Gasteiger partial charge in [0.15, 0.2) is 0 Å². The van der Waals surface area contributed by atoms with Crippen molar-refractivity contribution in [2.45, 2.75) is 31.7 Å². The molecule has 2 aromatic rings. The van der Waals surface area contributed by atoms with Crippen molar-refractivity contribution >= 4 is 11.9 Å². The van der Waals surface area contributed by atoms with Gasteiger partial charge in [-0.2, -0.15) is 0 Å². The second-order valence-electron chi connectivity index (χ2n) is 7.43. The number of ketones is 1. The molecular weight excluding hydrogens is 366 g/mol. The molecule has 0 aliphatic carbocycles. The zero-order chi connectivity index (χ0) is 19.7. The van der Waals surface area contributed by atoms with E-state index >= 15 is 0 Å². The Balaban J connectivity index is 1.34. The summed E-state index contributed by atoms with van der Waals surface area (Å²) in [5.41, 5.74) is 1.62. The standard InChI is InChI=1S/C21H20F2N2O3/c22-16-7-15(8-17(23)9-16)14-1-2-18(24-11-14)10-20(26)6-13-3-4-25-19(5-13)12-28-21(25)27/h1-2,7-9,11,13,19H,3-6,10,12H2. The molecule has 3 heterocycles. The monoisotopic (exact) mass is 386 g/mol. The zero-order valence-electron chi connectivity index (χ0n) is 15.2. The lowest BCUT2D eigenvalue weighted by molar-refractivity contribution is -0.119. The fourth-order valence-electron chi connectivity index (χ4n) is 3.98. The van der Waals surface area contributed by atoms with Crippen molar-refractivity contribution in [3.63, 3.8) is 0 Å². The molecule has 2 atom stereocenters. The molecular formula is C21H20F2N2O3. The van der Waals surface area contributed by atoms with Crippen LogP contribution in [0.3, 0.4) is 0 Å². The van der Waals surface area contributed by atoms with Crippen LogP contribution in [0, 0.1) is 17.6 Å². The first kappa shape index (κ1) is 18.5. The summed E-state index contributed by atoms with van der Waals surface area (Å²) >= 11 is 0. The second-order valence-corrected chi connectivity index (χ2v) is 7.43. The van der Waals surface area contributed by atoms with Gasteiger partial charge in [-0.1, -0.05) is 6.07 Å². The van der Waals surface area contributed by atoms with E-state index in [1.165, 1.54) is 18.3 Å². The van der Waals surface area contributed by atoms with Gasteiger partial charge in [0.25, 0.3) is 0 Å². The quantitative estimate of drug-likeness (QED) is 0.785. The van der Waals surface area contributed by atoms with Crippen molar-refractivity contribution in [1.29, 1.82) is 0 Å². The largest absolute Gasteiger partial charge is 0.447 e. The molecule has 2 unspecified atom stereocenters. The maximum Gasteiger partial charge on any atom is 0.410 e. The predicted octanol–water partition coefficient (Wildman–Crippen LogP) is 3.76. The number of fused-ring (bicyclic) bond motifs is 1. The number of rotatable bonds is 5. The van der Waals surface area contributed by atoms with Gasteiger partial charge < -0.3 is 9.64 Å². The minimum atomic E-state index is -0.644. The van der Waals surface area contributed by atoms with Gasteiger partial charge in [-0.25, -0.2) is 13.6 Å². The molecule has 1 aromatic carbocycles. The number of hydrogen-bond acceptors (Lipinski definition) is 4. The number of carbonyl (C=O) groups excluding carboxylic acids is 2. The maximum absolute atomic E-state index is 13.4. The molecule has 2 aliphatic rings. The van der Waals surface area contributed by atoms with E-state index in [1.54, 1.807) is 17.0 Å². The van der Waals surface area contributed by atoms with Gasteiger partial charge in [-0.15, -0.1) is 0 Å². The van der Waals surface area contributed by atoms with Crippen molar-refractivity contribution in [2.24, 2.45) is 5.92 Å². The number of piperidine rings is 1. The van der Waals surface area contributed by atoms with Crippen LogP contribution in [-0.4, -0.2) is 41.0 Å². The van der Waals surface area contributed by atoms with Gasteiger partial charge in [0.2, 0.25) is 0 Å². The molecule has 2 aliphatic heterocycles. The lowest BCUT2D eigenvalue weighted by atomic mass is 9.87. The number of halogens is 2. The Kier molecular flexibility index (Phi) is 5.07. The van der Waals surface area contributed by atoms with E-state index in [0.29, 0.717) is 36.4 Å². The first-order chi connectivity index (χ1) is 13.5. The first-order valence-corrected chi connectivity index (χ1v) is 9.34. The van der Waals surface area contributed by atoms with Crippen LogP contribution >= 0.6 is 0 Å². The fraction of sp³-hybridized carbons (Fsp3) is 0.381. The molecule has 1 aromatic heterocycles. The molecule has 5 nitrogen and oxygen atoms in total. The smallest absolute Gasteiger partial charge is 0.410 e. The highest BCUT2D eigenvalue weighted by atomic mass is 19.1. The average molecular weight is 386 g/mol. The lowest BCUT2D eigenvalue weighted by Crippen LogP contribution is -2.41. The molecule has 0 radical (unpaired) electrons. The molecule has 0 spiro atoms. The third kappa shape index (κ3) is 4.03. The van der Waals surface area contributed by atoms with E-state index in [9.17, 15) is 18.4 Å². The summed E-state index contributed by atoms with van der Waals surface area (Å²) in [6.07, 6.45) is 3.53. The molecule has 2 fully saturated rings. The molecule has 0 bridgehead atoms. The van der Waals surface area contributed by atoms with Gasteiger partial charge in [0.1, 0.15) is 24.0 Å². The molecule has 0 N–H and O–H groups in total. The van der Waals surface area contributed by atoms with Crippen LogP contribution in [-0.2, 0) is 16.0 Å². The topological polar surface area (TPSA) is 59.5 Å². The van der Waals surface area contributed by atoms with Gasteiger partial charge in [0, 0.05) is 42.9 Å². The summed E-state index contributed by atoms with van der Waals surface area (Å²) in [7, 11) is 0. The predicted molar refractivity (Wildman–Crippen MR) is 97.5 cm³/mol. The molecule has 146 valence electrons. The highest BCUT2D eigenvalue weighted by molar-refractivity contribution is 5.81. The highest BCUT2D eigenvalue weighted by Crippen LogP contribution is 2.30. The van der Waals surface area contributed by atoms with Crippen molar-refractivity contribution in [1.82, 2.24) is 9.88 Å². The van der Waals surface area contributed by atoms with E-state index in [-0.39, 0.29) is 30.3 Å². The van der Waals surface area contributed by atoms with Crippen LogP contribution in [0.5, 0.6) is 0 Å². The van der Waals surface area contributed by atoms with Crippen molar-refractivity contribution in [3.05, 3.63) is 53.9 Å². The number of Topliss-reactive ketones (excluding diaryl/α,β-unsaturated/α-hetero) is 1. The van der Waals surface area contributed by atoms with Gasteiger partial charge in [-0.3, -0.25) is 9.78 Å². The number of nitrogens with zero attached hydrogens (tertiary/aromatic N) is 2. The molecule has 0 saturated carbocycles. The number of amides is 1. The van der Waals surface area contributed by atoms with Crippen LogP contribution < -0.4 is 0 Å². The van der Waals surface area contributed by atoms with Gasteiger partial charge >= 0.3 is 6.09 Å². The maximum atomic E-state index is 13.4. The Labute approximate surface area is 161 Å². The molecule has 7 heteroatoms. The van der Waals surface area contributed by atoms with Crippen LogP contribution in [0.25, 0.3) is 11.1 Å². The summed E-state index contributed by atoms with van der Waals surface area (Å²) < 4.78 is 31.8. The Morgan fingerprint density at radius 3 is 2.68 bits per heavy atom. The van der Waals surface area contributed by atoms with Crippen molar-refractivity contribution in [2.75, 3.05) is 13.2 Å². The van der Waals surface area contributed by atoms with Crippen LogP contribution in [0.2, 0.25) is 0 Å². The summed E-state index contributed by atoms with van der Waals surface area (Å²) in [5, 5.41) is 0. The Morgan fingerprint density at radius 2 is 1.96 bits per heavy atom.